The molecule has 0 aliphatic carbocycles. The second-order valence-corrected chi connectivity index (χ2v) is 16.9. The lowest BCUT2D eigenvalue weighted by Crippen LogP contribution is -2.54. The van der Waals surface area contributed by atoms with Crippen LogP contribution in [0.3, 0.4) is 0 Å². The van der Waals surface area contributed by atoms with Crippen molar-refractivity contribution in [3.05, 3.63) is 34.2 Å². The van der Waals surface area contributed by atoms with Crippen LogP contribution in [0.25, 0.3) is 11.0 Å². The molecule has 0 fully saturated rings. The molecule has 0 aliphatic heterocycles. The number of benzene rings is 1. The molecule has 28 nitrogen and oxygen atoms in total. The van der Waals surface area contributed by atoms with E-state index in [1.165, 1.54) is 19.2 Å². The molecule has 0 radical (unpaired) electrons. The topological polar surface area (TPSA) is 468 Å². The van der Waals surface area contributed by atoms with Crippen LogP contribution in [0.5, 0.6) is 11.5 Å². The first kappa shape index (κ1) is 62.4. The van der Waals surface area contributed by atoms with Gasteiger partial charge in [-0.2, -0.15) is 0 Å². The summed E-state index contributed by atoms with van der Waals surface area (Å²) in [5.74, 6) is -4.95. The largest absolute Gasteiger partial charge is 0.493 e. The van der Waals surface area contributed by atoms with Crippen LogP contribution < -0.4 is 86.3 Å². The molecule has 2 aromatic rings. The molecule has 0 bridgehead atoms. The zero-order valence-corrected chi connectivity index (χ0v) is 42.1. The Bertz CT molecular complexity index is 2280. The number of primary amides is 1. The lowest BCUT2D eigenvalue weighted by atomic mass is 10.1. The Hall–Kier alpha value is -7.75. The van der Waals surface area contributed by atoms with Gasteiger partial charge in [0.1, 0.15) is 29.8 Å². The zero-order chi connectivity index (χ0) is 55.0. The van der Waals surface area contributed by atoms with Crippen LogP contribution in [-0.4, -0.2) is 137 Å². The fourth-order valence-electron chi connectivity index (χ4n) is 7.03. The summed E-state index contributed by atoms with van der Waals surface area (Å²) in [5.41, 5.74) is 27.1. The minimum absolute atomic E-state index is 0.0230. The van der Waals surface area contributed by atoms with Crippen LogP contribution in [0, 0.1) is 10.8 Å². The minimum atomic E-state index is -1.21. The van der Waals surface area contributed by atoms with Gasteiger partial charge in [-0.3, -0.25) is 49.2 Å². The number of carbonyl (C=O) groups is 8. The van der Waals surface area contributed by atoms with Gasteiger partial charge in [0.15, 0.2) is 23.4 Å². The van der Waals surface area contributed by atoms with Crippen molar-refractivity contribution in [2.24, 2.45) is 28.7 Å². The van der Waals surface area contributed by atoms with Crippen LogP contribution in [0.4, 0.5) is 0 Å². The maximum Gasteiger partial charge on any atom is 0.336 e. The van der Waals surface area contributed by atoms with Gasteiger partial charge >= 0.3 is 11.6 Å². The third-order valence-corrected chi connectivity index (χ3v) is 10.9. The number of nitrogens with one attached hydrogen (secondary N) is 10. The molecule has 1 aromatic carbocycles. The molecular formula is C46H75N15O13. The Morgan fingerprint density at radius 2 is 1.19 bits per heavy atom. The Labute approximate surface area is 428 Å². The summed E-state index contributed by atoms with van der Waals surface area (Å²) >= 11 is 0. The van der Waals surface area contributed by atoms with E-state index >= 15 is 0 Å². The molecule has 0 saturated heterocycles. The van der Waals surface area contributed by atoms with Crippen molar-refractivity contribution in [2.75, 3.05) is 59.5 Å². The fraction of sp³-hybridized carbons (Fsp3) is 0.587. The summed E-state index contributed by atoms with van der Waals surface area (Å²) in [6.45, 7) is 1.85. The number of hydrogen-bond acceptors (Lipinski definition) is 17. The van der Waals surface area contributed by atoms with E-state index in [1.807, 2.05) is 0 Å². The van der Waals surface area contributed by atoms with Crippen molar-refractivity contribution in [3.8, 4) is 11.5 Å². The van der Waals surface area contributed by atoms with Gasteiger partial charge < -0.3 is 89.8 Å². The predicted octanol–water partition coefficient (Wildman–Crippen LogP) is -2.97. The number of nitrogens with two attached hydrogens (primary N) is 5. The molecular weight excluding hydrogens is 971 g/mol. The lowest BCUT2D eigenvalue weighted by Gasteiger charge is -2.22. The van der Waals surface area contributed by atoms with Gasteiger partial charge in [-0.05, 0) is 90.3 Å². The quantitative estimate of drug-likeness (QED) is 0.0106. The van der Waals surface area contributed by atoms with Crippen molar-refractivity contribution in [3.63, 3.8) is 0 Å². The highest BCUT2D eigenvalue weighted by Crippen LogP contribution is 2.35. The molecule has 0 aliphatic rings. The maximum atomic E-state index is 13.4. The highest BCUT2D eigenvalue weighted by molar-refractivity contribution is 5.94. The van der Waals surface area contributed by atoms with Crippen LogP contribution >= 0.6 is 0 Å². The normalized spacial score (nSPS) is 12.4. The molecule has 4 unspecified atom stereocenters. The maximum absolute atomic E-state index is 13.4. The first-order valence-electron chi connectivity index (χ1n) is 24.3. The van der Waals surface area contributed by atoms with Gasteiger partial charge in [0.05, 0.1) is 26.8 Å². The number of guanidine groups is 2. The minimum Gasteiger partial charge on any atom is -0.493 e. The third-order valence-electron chi connectivity index (χ3n) is 10.9. The van der Waals surface area contributed by atoms with Gasteiger partial charge in [0.2, 0.25) is 41.4 Å². The van der Waals surface area contributed by atoms with Gasteiger partial charge in [-0.1, -0.05) is 0 Å². The van der Waals surface area contributed by atoms with E-state index in [1.54, 1.807) is 13.0 Å². The number of amides is 7. The lowest BCUT2D eigenvalue weighted by molar-refractivity contribution is -0.148. The highest BCUT2D eigenvalue weighted by Gasteiger charge is 2.27. The van der Waals surface area contributed by atoms with E-state index in [-0.39, 0.29) is 107 Å². The average molecular weight is 1050 g/mol. The number of carbonyl (C=O) groups excluding carboxylic acids is 8. The molecule has 2 rings (SSSR count). The first-order chi connectivity index (χ1) is 35.3. The SMILES string of the molecule is COc1cc2c(C(C)OC(=O)CCCN)cc(=O)oc2cc1OCCCC(=O)NCCCCC(NC(=O)C(CCCNC(=N)N)NC(=O)CNC(=O)CNC(=O)C(CCCNC(=N)N)NC(=O)CCCN)C(N)=O. The second-order valence-electron chi connectivity index (χ2n) is 16.9. The molecule has 1 heterocycles. The first-order valence-corrected chi connectivity index (χ1v) is 24.3. The predicted molar refractivity (Wildman–Crippen MR) is 271 cm³/mol. The summed E-state index contributed by atoms with van der Waals surface area (Å²) in [4.78, 5) is 114. The van der Waals surface area contributed by atoms with E-state index < -0.39 is 84.4 Å². The van der Waals surface area contributed by atoms with Gasteiger partial charge in [-0.25, -0.2) is 4.79 Å². The van der Waals surface area contributed by atoms with Crippen molar-refractivity contribution in [2.45, 2.75) is 115 Å². The number of rotatable bonds is 37. The molecule has 0 spiro atoms. The molecule has 4 atom stereocenters. The Balaban J connectivity index is 1.88. The molecule has 0 saturated carbocycles. The molecule has 74 heavy (non-hydrogen) atoms. The summed E-state index contributed by atoms with van der Waals surface area (Å²) in [6.07, 6.45) is 2.34. The molecule has 1 aromatic heterocycles. The Kier molecular flexibility index (Phi) is 29.1. The summed E-state index contributed by atoms with van der Waals surface area (Å²) in [7, 11) is 1.43. The summed E-state index contributed by atoms with van der Waals surface area (Å²) < 4.78 is 22.3. The number of fused-ring (bicyclic) bond motifs is 1. The summed E-state index contributed by atoms with van der Waals surface area (Å²) in [6, 6.07) is 0.966. The zero-order valence-electron chi connectivity index (χ0n) is 42.1. The molecule has 412 valence electrons. The number of esters is 1. The number of hydrogen-bond donors (Lipinski definition) is 15. The number of methoxy groups -OCH3 is 1. The van der Waals surface area contributed by atoms with Crippen molar-refractivity contribution in [1.29, 1.82) is 10.8 Å². The van der Waals surface area contributed by atoms with E-state index in [4.69, 9.17) is 58.1 Å². The van der Waals surface area contributed by atoms with Gasteiger partial charge in [0.25, 0.3) is 0 Å². The number of ether oxygens (including phenoxy) is 3. The smallest absolute Gasteiger partial charge is 0.336 e. The van der Waals surface area contributed by atoms with Crippen LogP contribution in [0.15, 0.2) is 27.4 Å². The standard InChI is InChI=1S/C46H75N15O13/c1-27(73-40(66)15-6-17-48)28-23-41(67)74-33-24-35(34(71-2)22-29(28)33)72-21-9-14-36(62)54-18-4-3-10-30(42(49)68)61-44(70)32(12-8-20-56-46(52)53)60-39(65)26-57-38(64)25-58-43(69)31(11-7-19-55-45(50)51)59-37(63)13-5-16-47/h22-24,27,30-32H,3-21,25-26,47-48H2,1-2H3,(H2,49,68)(H,54,62)(H,57,64)(H,58,69)(H,59,63)(H,60,65)(H,61,70)(H4,50,51,55)(H4,52,53,56). The monoisotopic (exact) mass is 1050 g/mol. The second kappa shape index (κ2) is 34.6. The van der Waals surface area contributed by atoms with Gasteiger partial charge in [-0.15, -0.1) is 0 Å². The van der Waals surface area contributed by atoms with Crippen LogP contribution in [0.2, 0.25) is 0 Å². The van der Waals surface area contributed by atoms with Crippen molar-refractivity contribution < 1.29 is 57.0 Å². The Morgan fingerprint density at radius 1 is 0.608 bits per heavy atom. The molecule has 7 amide bonds. The van der Waals surface area contributed by atoms with E-state index in [0.29, 0.717) is 61.8 Å². The van der Waals surface area contributed by atoms with E-state index in [2.05, 4.69) is 42.5 Å². The molecule has 28 heteroatoms. The average Bonchev–Trinajstić information content (AvgIpc) is 3.35. The van der Waals surface area contributed by atoms with E-state index in [0.717, 1.165) is 0 Å². The van der Waals surface area contributed by atoms with Crippen LogP contribution in [-0.2, 0) is 43.1 Å². The molecule has 20 N–H and O–H groups in total. The Morgan fingerprint density at radius 3 is 1.81 bits per heavy atom. The number of unbranched alkanes of at least 4 members (excludes halogenated alkanes) is 1. The highest BCUT2D eigenvalue weighted by atomic mass is 16.5. The third kappa shape index (κ3) is 25.1. The fourth-order valence-corrected chi connectivity index (χ4v) is 7.03. The summed E-state index contributed by atoms with van der Waals surface area (Å²) in [5, 5.41) is 35.5. The van der Waals surface area contributed by atoms with Crippen LogP contribution in [0.1, 0.15) is 102 Å². The van der Waals surface area contributed by atoms with E-state index in [9.17, 15) is 43.2 Å². The van der Waals surface area contributed by atoms with Gasteiger partial charge in [0, 0.05) is 62.0 Å². The van der Waals surface area contributed by atoms with Crippen molar-refractivity contribution in [1.82, 2.24) is 42.5 Å². The van der Waals surface area contributed by atoms with Crippen molar-refractivity contribution >= 4 is 70.2 Å².